The lowest BCUT2D eigenvalue weighted by Gasteiger charge is -2.10. The predicted octanol–water partition coefficient (Wildman–Crippen LogP) is 3.62. The summed E-state index contributed by atoms with van der Waals surface area (Å²) < 4.78 is 10.5. The molecule has 0 unspecified atom stereocenters. The Kier molecular flexibility index (Phi) is 7.07. The summed E-state index contributed by atoms with van der Waals surface area (Å²) in [5.74, 6) is 0.843. The minimum Gasteiger partial charge on any atom is -0.493 e. The Bertz CT molecular complexity index is 856. The summed E-state index contributed by atoms with van der Waals surface area (Å²) in [5, 5.41) is 12.5. The van der Waals surface area contributed by atoms with Crippen molar-refractivity contribution in [3.05, 3.63) is 64.2 Å². The van der Waals surface area contributed by atoms with Gasteiger partial charge in [0.15, 0.2) is 11.5 Å². The van der Waals surface area contributed by atoms with Crippen molar-refractivity contribution < 1.29 is 14.3 Å². The van der Waals surface area contributed by atoms with Gasteiger partial charge in [0.05, 0.1) is 14.2 Å². The van der Waals surface area contributed by atoms with Crippen LogP contribution in [0.25, 0.3) is 6.08 Å². The van der Waals surface area contributed by atoms with Gasteiger partial charge in [-0.25, -0.2) is 0 Å². The number of halogens is 1. The van der Waals surface area contributed by atoms with Gasteiger partial charge in [-0.3, -0.25) is 4.79 Å². The lowest BCUT2D eigenvalue weighted by Crippen LogP contribution is -2.26. The molecule has 6 heteroatoms. The maximum absolute atomic E-state index is 12.2. The van der Waals surface area contributed by atoms with Crippen molar-refractivity contribution in [1.29, 1.82) is 5.26 Å². The number of amides is 1. The van der Waals surface area contributed by atoms with Crippen LogP contribution in [-0.4, -0.2) is 26.7 Å². The molecule has 1 N–H and O–H groups in total. The van der Waals surface area contributed by atoms with E-state index in [1.54, 1.807) is 38.5 Å². The molecule has 5 nitrogen and oxygen atoms in total. The lowest BCUT2D eigenvalue weighted by atomic mass is 10.1. The minimum absolute atomic E-state index is 0.00501. The molecule has 2 aromatic rings. The van der Waals surface area contributed by atoms with Crippen LogP contribution < -0.4 is 14.8 Å². The first-order valence-electron chi connectivity index (χ1n) is 7.94. The summed E-state index contributed by atoms with van der Waals surface area (Å²) in [6.07, 6.45) is 2.07. The van der Waals surface area contributed by atoms with Crippen LogP contribution in [0.4, 0.5) is 0 Å². The minimum atomic E-state index is -0.437. The van der Waals surface area contributed by atoms with E-state index in [9.17, 15) is 10.1 Å². The summed E-state index contributed by atoms with van der Waals surface area (Å²) in [6, 6.07) is 14.5. The Hall–Kier alpha value is -2.97. The average molecular weight is 371 g/mol. The van der Waals surface area contributed by atoms with E-state index in [4.69, 9.17) is 21.1 Å². The van der Waals surface area contributed by atoms with Crippen LogP contribution in [0.5, 0.6) is 11.5 Å². The first-order valence-corrected chi connectivity index (χ1v) is 8.32. The molecule has 26 heavy (non-hydrogen) atoms. The fraction of sp³-hybridized carbons (Fsp3) is 0.200. The topological polar surface area (TPSA) is 71.3 Å². The van der Waals surface area contributed by atoms with E-state index in [0.717, 1.165) is 5.56 Å². The molecule has 0 heterocycles. The van der Waals surface area contributed by atoms with Gasteiger partial charge >= 0.3 is 0 Å². The van der Waals surface area contributed by atoms with Gasteiger partial charge < -0.3 is 14.8 Å². The zero-order valence-corrected chi connectivity index (χ0v) is 15.3. The van der Waals surface area contributed by atoms with E-state index in [2.05, 4.69) is 5.32 Å². The second-order valence-electron chi connectivity index (χ2n) is 5.39. The zero-order valence-electron chi connectivity index (χ0n) is 14.6. The molecule has 0 saturated carbocycles. The molecule has 0 aliphatic carbocycles. The van der Waals surface area contributed by atoms with E-state index >= 15 is 0 Å². The SMILES string of the molecule is COc1ccc(CCNC(=O)/C(C#N)=C/c2ccccc2Cl)cc1OC. The van der Waals surface area contributed by atoms with E-state index < -0.39 is 5.91 Å². The number of carbonyl (C=O) groups excluding carboxylic acids is 1. The maximum atomic E-state index is 12.2. The molecule has 0 saturated heterocycles. The number of hydrogen-bond donors (Lipinski definition) is 1. The summed E-state index contributed by atoms with van der Waals surface area (Å²) >= 11 is 6.06. The first kappa shape index (κ1) is 19.4. The van der Waals surface area contributed by atoms with Crippen LogP contribution in [0.2, 0.25) is 5.02 Å². The summed E-state index contributed by atoms with van der Waals surface area (Å²) in [4.78, 5) is 12.2. The highest BCUT2D eigenvalue weighted by molar-refractivity contribution is 6.32. The Morgan fingerprint density at radius 1 is 1.19 bits per heavy atom. The van der Waals surface area contributed by atoms with Gasteiger partial charge in [0.1, 0.15) is 11.6 Å². The van der Waals surface area contributed by atoms with Crippen LogP contribution in [0.3, 0.4) is 0 Å². The molecule has 134 valence electrons. The highest BCUT2D eigenvalue weighted by atomic mass is 35.5. The molecule has 1 amide bonds. The van der Waals surface area contributed by atoms with Crippen LogP contribution in [0, 0.1) is 11.3 Å². The zero-order chi connectivity index (χ0) is 18.9. The van der Waals surface area contributed by atoms with E-state index in [-0.39, 0.29) is 5.57 Å². The number of ether oxygens (including phenoxy) is 2. The highest BCUT2D eigenvalue weighted by Gasteiger charge is 2.10. The summed E-state index contributed by atoms with van der Waals surface area (Å²) in [7, 11) is 3.15. The third-order valence-electron chi connectivity index (χ3n) is 3.72. The monoisotopic (exact) mass is 370 g/mol. The largest absolute Gasteiger partial charge is 0.493 e. The van der Waals surface area contributed by atoms with Crippen molar-refractivity contribution in [1.82, 2.24) is 5.32 Å². The van der Waals surface area contributed by atoms with Crippen molar-refractivity contribution in [2.24, 2.45) is 0 Å². The predicted molar refractivity (Wildman–Crippen MR) is 101 cm³/mol. The van der Waals surface area contributed by atoms with Crippen LogP contribution in [-0.2, 0) is 11.2 Å². The maximum Gasteiger partial charge on any atom is 0.261 e. The average Bonchev–Trinajstić information content (AvgIpc) is 2.67. The molecule has 2 aromatic carbocycles. The number of nitrogens with zero attached hydrogens (tertiary/aromatic N) is 1. The Morgan fingerprint density at radius 3 is 2.58 bits per heavy atom. The first-order chi connectivity index (χ1) is 12.6. The fourth-order valence-corrected chi connectivity index (χ4v) is 2.54. The third-order valence-corrected chi connectivity index (χ3v) is 4.06. The number of methoxy groups -OCH3 is 2. The van der Waals surface area contributed by atoms with Gasteiger partial charge in [-0.1, -0.05) is 35.9 Å². The Balaban J connectivity index is 1.99. The van der Waals surface area contributed by atoms with Crippen LogP contribution >= 0.6 is 11.6 Å². The van der Waals surface area contributed by atoms with Crippen molar-refractivity contribution in [2.75, 3.05) is 20.8 Å². The molecular formula is C20H19ClN2O3. The van der Waals surface area contributed by atoms with Crippen molar-refractivity contribution in [3.8, 4) is 17.6 Å². The highest BCUT2D eigenvalue weighted by Crippen LogP contribution is 2.27. The molecule has 0 aliphatic rings. The van der Waals surface area contributed by atoms with Gasteiger partial charge in [-0.15, -0.1) is 0 Å². The quantitative estimate of drug-likeness (QED) is 0.596. The molecule has 0 atom stereocenters. The van der Waals surface area contributed by atoms with Gasteiger partial charge in [0.2, 0.25) is 0 Å². The van der Waals surface area contributed by atoms with Gasteiger partial charge in [-0.2, -0.15) is 5.26 Å². The molecule has 0 spiro atoms. The molecule has 2 rings (SSSR count). The molecule has 0 aromatic heterocycles. The van der Waals surface area contributed by atoms with E-state index in [0.29, 0.717) is 35.1 Å². The lowest BCUT2D eigenvalue weighted by molar-refractivity contribution is -0.117. The number of rotatable bonds is 7. The molecule has 0 bridgehead atoms. The number of hydrogen-bond acceptors (Lipinski definition) is 4. The smallest absolute Gasteiger partial charge is 0.261 e. The Morgan fingerprint density at radius 2 is 1.92 bits per heavy atom. The standard InChI is InChI=1S/C20H19ClN2O3/c1-25-18-8-7-14(11-19(18)26-2)9-10-23-20(24)16(13-22)12-15-5-3-4-6-17(15)21/h3-8,11-12H,9-10H2,1-2H3,(H,23,24)/b16-12+. The second-order valence-corrected chi connectivity index (χ2v) is 5.79. The van der Waals surface area contributed by atoms with Crippen molar-refractivity contribution >= 4 is 23.6 Å². The van der Waals surface area contributed by atoms with Gasteiger partial charge in [0, 0.05) is 11.6 Å². The number of nitrogens with one attached hydrogen (secondary N) is 1. The van der Waals surface area contributed by atoms with E-state index in [1.807, 2.05) is 24.3 Å². The summed E-state index contributed by atoms with van der Waals surface area (Å²) in [5.41, 5.74) is 1.61. The number of carbonyl (C=O) groups is 1. The molecular weight excluding hydrogens is 352 g/mol. The van der Waals surface area contributed by atoms with Crippen molar-refractivity contribution in [2.45, 2.75) is 6.42 Å². The molecule has 0 aliphatic heterocycles. The van der Waals surface area contributed by atoms with Gasteiger partial charge in [0.25, 0.3) is 5.91 Å². The summed E-state index contributed by atoms with van der Waals surface area (Å²) in [6.45, 7) is 0.385. The van der Waals surface area contributed by atoms with Crippen molar-refractivity contribution in [3.63, 3.8) is 0 Å². The number of nitriles is 1. The molecule has 0 fully saturated rings. The van der Waals surface area contributed by atoms with E-state index in [1.165, 1.54) is 6.08 Å². The second kappa shape index (κ2) is 9.50. The van der Waals surface area contributed by atoms with Crippen LogP contribution in [0.15, 0.2) is 48.0 Å². The molecule has 0 radical (unpaired) electrons. The normalized spacial score (nSPS) is 10.8. The van der Waals surface area contributed by atoms with Crippen LogP contribution in [0.1, 0.15) is 11.1 Å². The third kappa shape index (κ3) is 5.01. The fourth-order valence-electron chi connectivity index (χ4n) is 2.35. The Labute approximate surface area is 157 Å². The van der Waals surface area contributed by atoms with Gasteiger partial charge in [-0.05, 0) is 41.8 Å². The number of benzene rings is 2.